The van der Waals surface area contributed by atoms with E-state index in [1.165, 1.54) is 12.4 Å². The molecular weight excluding hydrogens is 246 g/mol. The molecule has 0 radical (unpaired) electrons. The van der Waals surface area contributed by atoms with E-state index in [2.05, 4.69) is 15.4 Å². The van der Waals surface area contributed by atoms with Gasteiger partial charge in [-0.3, -0.25) is 14.8 Å². The Morgan fingerprint density at radius 3 is 2.84 bits per heavy atom. The van der Waals surface area contributed by atoms with Crippen LogP contribution in [-0.4, -0.2) is 19.7 Å². The first kappa shape index (κ1) is 13.2. The van der Waals surface area contributed by atoms with Gasteiger partial charge in [-0.1, -0.05) is 12.1 Å². The first-order valence-corrected chi connectivity index (χ1v) is 5.86. The Labute approximate surface area is 110 Å². The summed E-state index contributed by atoms with van der Waals surface area (Å²) in [5.41, 5.74) is 1.76. The van der Waals surface area contributed by atoms with E-state index < -0.39 is 0 Å². The molecule has 19 heavy (non-hydrogen) atoms. The number of nitro groups is 1. The Hall–Kier alpha value is -2.28. The van der Waals surface area contributed by atoms with E-state index in [-0.39, 0.29) is 10.6 Å². The zero-order valence-corrected chi connectivity index (χ0v) is 10.8. The first-order chi connectivity index (χ1) is 9.09. The maximum atomic E-state index is 10.8. The van der Waals surface area contributed by atoms with Gasteiger partial charge in [0.1, 0.15) is 12.2 Å². The number of rotatable bonds is 5. The Kier molecular flexibility index (Phi) is 3.86. The van der Waals surface area contributed by atoms with Crippen molar-refractivity contribution in [3.05, 3.63) is 51.6 Å². The molecule has 7 nitrogen and oxygen atoms in total. The third kappa shape index (κ3) is 2.94. The van der Waals surface area contributed by atoms with Gasteiger partial charge < -0.3 is 5.32 Å². The standard InChI is InChI=1S/C12H15N5O2/c1-9-10(4-3-5-11(9)17(18)19)6-13-7-12-14-8-15-16(12)2/h3-5,8,13H,6-7H2,1-2H3. The lowest BCUT2D eigenvalue weighted by Crippen LogP contribution is -2.17. The highest BCUT2D eigenvalue weighted by Gasteiger charge is 2.12. The van der Waals surface area contributed by atoms with E-state index in [1.807, 2.05) is 13.1 Å². The van der Waals surface area contributed by atoms with Gasteiger partial charge in [-0.25, -0.2) is 4.98 Å². The lowest BCUT2D eigenvalue weighted by atomic mass is 10.1. The van der Waals surface area contributed by atoms with Crippen LogP contribution < -0.4 is 5.32 Å². The van der Waals surface area contributed by atoms with Crippen molar-refractivity contribution in [2.45, 2.75) is 20.0 Å². The van der Waals surface area contributed by atoms with E-state index >= 15 is 0 Å². The number of nitrogens with zero attached hydrogens (tertiary/aromatic N) is 4. The number of hydrogen-bond donors (Lipinski definition) is 1. The van der Waals surface area contributed by atoms with Gasteiger partial charge in [0.05, 0.1) is 11.5 Å². The summed E-state index contributed by atoms with van der Waals surface area (Å²) in [5, 5.41) is 18.0. The van der Waals surface area contributed by atoms with Crippen molar-refractivity contribution in [2.75, 3.05) is 0 Å². The van der Waals surface area contributed by atoms with Gasteiger partial charge in [0.25, 0.3) is 5.69 Å². The molecule has 0 aliphatic heterocycles. The second-order valence-corrected chi connectivity index (χ2v) is 4.22. The van der Waals surface area contributed by atoms with Crippen molar-refractivity contribution in [1.82, 2.24) is 20.1 Å². The largest absolute Gasteiger partial charge is 0.306 e. The third-order valence-corrected chi connectivity index (χ3v) is 3.02. The molecule has 0 bridgehead atoms. The van der Waals surface area contributed by atoms with Crippen LogP contribution >= 0.6 is 0 Å². The summed E-state index contributed by atoms with van der Waals surface area (Å²) in [6, 6.07) is 5.10. The molecule has 0 unspecified atom stereocenters. The minimum absolute atomic E-state index is 0.151. The topological polar surface area (TPSA) is 85.9 Å². The van der Waals surface area contributed by atoms with Crippen LogP contribution in [0.3, 0.4) is 0 Å². The van der Waals surface area contributed by atoms with Crippen LogP contribution in [-0.2, 0) is 20.1 Å². The van der Waals surface area contributed by atoms with E-state index in [4.69, 9.17) is 0 Å². The van der Waals surface area contributed by atoms with Crippen LogP contribution in [0.1, 0.15) is 17.0 Å². The average Bonchev–Trinajstić information content (AvgIpc) is 2.77. The zero-order valence-electron chi connectivity index (χ0n) is 10.8. The predicted molar refractivity (Wildman–Crippen MR) is 69.4 cm³/mol. The van der Waals surface area contributed by atoms with Gasteiger partial charge in [-0.15, -0.1) is 0 Å². The van der Waals surface area contributed by atoms with Crippen molar-refractivity contribution in [3.63, 3.8) is 0 Å². The van der Waals surface area contributed by atoms with Gasteiger partial charge in [0.2, 0.25) is 0 Å². The van der Waals surface area contributed by atoms with Gasteiger partial charge >= 0.3 is 0 Å². The Balaban J connectivity index is 2.02. The number of aromatic nitrogens is 3. The Bertz CT molecular complexity index is 594. The Morgan fingerprint density at radius 1 is 1.42 bits per heavy atom. The van der Waals surface area contributed by atoms with Crippen molar-refractivity contribution in [2.24, 2.45) is 7.05 Å². The number of nitrogens with one attached hydrogen (secondary N) is 1. The molecule has 1 aromatic carbocycles. The van der Waals surface area contributed by atoms with Crippen molar-refractivity contribution in [1.29, 1.82) is 0 Å². The van der Waals surface area contributed by atoms with E-state index in [1.54, 1.807) is 17.7 Å². The monoisotopic (exact) mass is 261 g/mol. The van der Waals surface area contributed by atoms with Gasteiger partial charge in [-0.05, 0) is 12.5 Å². The van der Waals surface area contributed by atoms with E-state index in [0.29, 0.717) is 18.7 Å². The first-order valence-electron chi connectivity index (χ1n) is 5.86. The summed E-state index contributed by atoms with van der Waals surface area (Å²) in [6.45, 7) is 2.89. The van der Waals surface area contributed by atoms with Crippen LogP contribution in [0.4, 0.5) is 5.69 Å². The Morgan fingerprint density at radius 2 is 2.21 bits per heavy atom. The van der Waals surface area contributed by atoms with Crippen LogP contribution in [0, 0.1) is 17.0 Å². The minimum atomic E-state index is -0.360. The molecule has 0 atom stereocenters. The fraction of sp³-hybridized carbons (Fsp3) is 0.333. The molecule has 2 rings (SSSR count). The van der Waals surface area contributed by atoms with Gasteiger partial charge in [-0.2, -0.15) is 5.10 Å². The van der Waals surface area contributed by atoms with Crippen LogP contribution in [0.5, 0.6) is 0 Å². The quantitative estimate of drug-likeness (QED) is 0.648. The smallest absolute Gasteiger partial charge is 0.272 e. The molecule has 100 valence electrons. The van der Waals surface area contributed by atoms with Crippen LogP contribution in [0.25, 0.3) is 0 Å². The van der Waals surface area contributed by atoms with Crippen molar-refractivity contribution in [3.8, 4) is 0 Å². The van der Waals surface area contributed by atoms with Gasteiger partial charge in [0, 0.05) is 25.2 Å². The molecule has 0 aliphatic rings. The SMILES string of the molecule is Cc1c(CNCc2ncnn2C)cccc1[N+](=O)[O-]. The molecule has 0 saturated heterocycles. The highest BCUT2D eigenvalue weighted by molar-refractivity contribution is 5.44. The molecule has 1 heterocycles. The molecule has 0 spiro atoms. The molecule has 7 heteroatoms. The highest BCUT2D eigenvalue weighted by Crippen LogP contribution is 2.20. The second kappa shape index (κ2) is 5.57. The third-order valence-electron chi connectivity index (χ3n) is 3.02. The molecule has 0 amide bonds. The fourth-order valence-corrected chi connectivity index (χ4v) is 1.85. The number of hydrogen-bond acceptors (Lipinski definition) is 5. The highest BCUT2D eigenvalue weighted by atomic mass is 16.6. The van der Waals surface area contributed by atoms with Crippen molar-refractivity contribution < 1.29 is 4.92 Å². The second-order valence-electron chi connectivity index (χ2n) is 4.22. The van der Waals surface area contributed by atoms with Gasteiger partial charge in [0.15, 0.2) is 0 Å². The van der Waals surface area contributed by atoms with E-state index in [9.17, 15) is 10.1 Å². The number of benzene rings is 1. The molecule has 0 fully saturated rings. The summed E-state index contributed by atoms with van der Waals surface area (Å²) in [6.07, 6.45) is 1.50. The maximum absolute atomic E-state index is 10.8. The van der Waals surface area contributed by atoms with E-state index in [0.717, 1.165) is 11.4 Å². The summed E-state index contributed by atoms with van der Waals surface area (Å²) < 4.78 is 1.69. The van der Waals surface area contributed by atoms with Crippen LogP contribution in [0.15, 0.2) is 24.5 Å². The normalized spacial score (nSPS) is 10.6. The lowest BCUT2D eigenvalue weighted by Gasteiger charge is -2.07. The maximum Gasteiger partial charge on any atom is 0.272 e. The number of aryl methyl sites for hydroxylation is 1. The molecular formula is C12H15N5O2. The molecule has 0 aliphatic carbocycles. The fourth-order valence-electron chi connectivity index (χ4n) is 1.85. The summed E-state index contributed by atoms with van der Waals surface area (Å²) >= 11 is 0. The lowest BCUT2D eigenvalue weighted by molar-refractivity contribution is -0.385. The van der Waals surface area contributed by atoms with Crippen LogP contribution in [0.2, 0.25) is 0 Å². The summed E-state index contributed by atoms with van der Waals surface area (Å²) in [7, 11) is 1.82. The predicted octanol–water partition coefficient (Wildman–Crippen LogP) is 1.32. The number of nitro benzene ring substituents is 1. The minimum Gasteiger partial charge on any atom is -0.306 e. The van der Waals surface area contributed by atoms with Crippen molar-refractivity contribution >= 4 is 5.69 Å². The molecule has 1 aromatic heterocycles. The molecule has 1 N–H and O–H groups in total. The zero-order chi connectivity index (χ0) is 13.8. The average molecular weight is 261 g/mol. The molecule has 0 saturated carbocycles. The summed E-state index contributed by atoms with van der Waals surface area (Å²) in [4.78, 5) is 14.6. The summed E-state index contributed by atoms with van der Waals surface area (Å²) in [5.74, 6) is 0.822. The molecule has 2 aromatic rings.